The van der Waals surface area contributed by atoms with Crippen molar-refractivity contribution in [3.8, 4) is 0 Å². The maximum absolute atomic E-state index is 11.7. The number of nitrogens with one attached hydrogen (secondary N) is 1. The fraction of sp³-hybridized carbons (Fsp3) is 0.333. The Hall–Kier alpha value is -1.08. The van der Waals surface area contributed by atoms with E-state index in [0.717, 1.165) is 0 Å². The van der Waals surface area contributed by atoms with Crippen LogP contribution >= 0.6 is 28.1 Å². The van der Waals surface area contributed by atoms with Crippen LogP contribution in [0, 0.1) is 5.92 Å². The largest absolute Gasteiger partial charge is 0.393 e. The molecule has 0 radical (unpaired) electrons. The smallest absolute Gasteiger partial charge is 0.235 e. The van der Waals surface area contributed by atoms with E-state index >= 15 is 0 Å². The summed E-state index contributed by atoms with van der Waals surface area (Å²) in [5, 5.41) is 2.60. The molecule has 1 amide bonds. The first-order chi connectivity index (χ1) is 7.54. The van der Waals surface area contributed by atoms with Crippen LogP contribution in [-0.2, 0) is 4.79 Å². The van der Waals surface area contributed by atoms with Crippen molar-refractivity contribution in [1.29, 1.82) is 0 Å². The molecule has 1 heterocycles. The fourth-order valence-electron chi connectivity index (χ4n) is 1.11. The van der Waals surface area contributed by atoms with Gasteiger partial charge in [-0.25, -0.2) is 9.97 Å². The number of aromatic nitrogens is 2. The fourth-order valence-corrected chi connectivity index (χ4v) is 1.58. The third-order valence-electron chi connectivity index (χ3n) is 1.94. The van der Waals surface area contributed by atoms with Gasteiger partial charge in [0.2, 0.25) is 5.91 Å². The summed E-state index contributed by atoms with van der Waals surface area (Å²) in [6.07, 6.45) is 3.51. The molecule has 0 bridgehead atoms. The van der Waals surface area contributed by atoms with Crippen LogP contribution in [0.3, 0.4) is 0 Å². The van der Waals surface area contributed by atoms with E-state index in [2.05, 4.69) is 31.2 Å². The van der Waals surface area contributed by atoms with E-state index in [4.69, 9.17) is 18.0 Å². The van der Waals surface area contributed by atoms with Gasteiger partial charge in [0.25, 0.3) is 0 Å². The van der Waals surface area contributed by atoms with Gasteiger partial charge in [0.1, 0.15) is 4.60 Å². The van der Waals surface area contributed by atoms with E-state index in [9.17, 15) is 4.79 Å². The van der Waals surface area contributed by atoms with Gasteiger partial charge in [0.15, 0.2) is 5.82 Å². The minimum absolute atomic E-state index is 0.185. The number of nitrogens with zero attached hydrogens (tertiary/aromatic N) is 2. The number of thiocarbonyl (C=S) groups is 1. The lowest BCUT2D eigenvalue weighted by Gasteiger charge is -2.12. The quantitative estimate of drug-likeness (QED) is 0.824. The van der Waals surface area contributed by atoms with E-state index in [1.807, 2.05) is 6.92 Å². The van der Waals surface area contributed by atoms with E-state index in [0.29, 0.717) is 16.8 Å². The third kappa shape index (κ3) is 3.49. The van der Waals surface area contributed by atoms with Crippen molar-refractivity contribution in [2.45, 2.75) is 13.3 Å². The van der Waals surface area contributed by atoms with E-state index in [1.54, 1.807) is 0 Å². The Morgan fingerprint density at radius 3 is 2.75 bits per heavy atom. The average Bonchev–Trinajstić information content (AvgIpc) is 2.22. The van der Waals surface area contributed by atoms with Crippen molar-refractivity contribution in [1.82, 2.24) is 9.97 Å². The van der Waals surface area contributed by atoms with Crippen molar-refractivity contribution in [2.75, 3.05) is 5.32 Å². The lowest BCUT2D eigenvalue weighted by atomic mass is 10.1. The van der Waals surface area contributed by atoms with Crippen LogP contribution < -0.4 is 11.1 Å². The van der Waals surface area contributed by atoms with Gasteiger partial charge in [-0.2, -0.15) is 0 Å². The van der Waals surface area contributed by atoms with Crippen molar-refractivity contribution in [3.05, 3.63) is 17.0 Å². The van der Waals surface area contributed by atoms with E-state index in [-0.39, 0.29) is 10.9 Å². The number of rotatable bonds is 4. The Morgan fingerprint density at radius 1 is 1.62 bits per heavy atom. The monoisotopic (exact) mass is 302 g/mol. The van der Waals surface area contributed by atoms with Crippen LogP contribution in [0.5, 0.6) is 0 Å². The zero-order valence-electron chi connectivity index (χ0n) is 8.61. The van der Waals surface area contributed by atoms with Gasteiger partial charge in [0, 0.05) is 0 Å². The Balaban J connectivity index is 2.70. The Morgan fingerprint density at radius 2 is 2.31 bits per heavy atom. The van der Waals surface area contributed by atoms with Crippen LogP contribution in [0.25, 0.3) is 0 Å². The average molecular weight is 303 g/mol. The molecule has 1 aromatic rings. The highest BCUT2D eigenvalue weighted by atomic mass is 79.9. The summed E-state index contributed by atoms with van der Waals surface area (Å²) < 4.78 is 0.604. The zero-order valence-corrected chi connectivity index (χ0v) is 11.0. The minimum Gasteiger partial charge on any atom is -0.393 e. The second kappa shape index (κ2) is 5.86. The second-order valence-electron chi connectivity index (χ2n) is 3.08. The van der Waals surface area contributed by atoms with Gasteiger partial charge in [0.05, 0.1) is 23.3 Å². The lowest BCUT2D eigenvalue weighted by Crippen LogP contribution is -2.32. The molecule has 3 N–H and O–H groups in total. The molecule has 86 valence electrons. The van der Waals surface area contributed by atoms with Gasteiger partial charge < -0.3 is 11.1 Å². The summed E-state index contributed by atoms with van der Waals surface area (Å²) in [5.41, 5.74) is 5.45. The van der Waals surface area contributed by atoms with Gasteiger partial charge in [-0.1, -0.05) is 19.1 Å². The summed E-state index contributed by atoms with van der Waals surface area (Å²) in [5.74, 6) is -0.352. The number of carbonyl (C=O) groups is 1. The normalized spacial score (nSPS) is 11.9. The number of anilines is 1. The van der Waals surface area contributed by atoms with Crippen LogP contribution in [0.4, 0.5) is 5.82 Å². The minimum atomic E-state index is -0.472. The molecule has 16 heavy (non-hydrogen) atoms. The number of carbonyl (C=O) groups excluding carboxylic acids is 1. The number of hydrogen-bond donors (Lipinski definition) is 2. The molecule has 1 rings (SSSR count). The first kappa shape index (κ1) is 13.0. The van der Waals surface area contributed by atoms with Crippen molar-refractivity contribution in [2.24, 2.45) is 11.7 Å². The van der Waals surface area contributed by atoms with Crippen LogP contribution in [0.2, 0.25) is 0 Å². The van der Waals surface area contributed by atoms with Gasteiger partial charge in [-0.15, -0.1) is 0 Å². The molecular weight excluding hydrogens is 292 g/mol. The van der Waals surface area contributed by atoms with Crippen molar-refractivity contribution in [3.63, 3.8) is 0 Å². The molecular formula is C9H11BrN4OS. The molecule has 0 fully saturated rings. The number of nitrogens with two attached hydrogens (primary N) is 1. The zero-order chi connectivity index (χ0) is 12.1. The summed E-state index contributed by atoms with van der Waals surface area (Å²) in [7, 11) is 0. The van der Waals surface area contributed by atoms with Crippen molar-refractivity contribution >= 4 is 44.9 Å². The molecule has 0 saturated heterocycles. The van der Waals surface area contributed by atoms with E-state index < -0.39 is 5.92 Å². The lowest BCUT2D eigenvalue weighted by molar-refractivity contribution is -0.118. The predicted octanol–water partition coefficient (Wildman–Crippen LogP) is 1.49. The standard InChI is InChI=1S/C9H11BrN4OS/c1-2-5(8(11)16)9(15)14-7-4-12-6(10)3-13-7/h3-5H,2H2,1H3,(H2,11,16)(H,13,14,15). The second-order valence-corrected chi connectivity index (χ2v) is 4.36. The number of amides is 1. The molecule has 0 aliphatic carbocycles. The molecule has 0 saturated carbocycles. The summed E-state index contributed by atoms with van der Waals surface area (Å²) in [6, 6.07) is 0. The first-order valence-electron chi connectivity index (χ1n) is 4.62. The van der Waals surface area contributed by atoms with Gasteiger partial charge in [-0.3, -0.25) is 4.79 Å². The molecule has 0 aliphatic rings. The predicted molar refractivity (Wildman–Crippen MR) is 68.9 cm³/mol. The molecule has 1 atom stereocenters. The number of hydrogen-bond acceptors (Lipinski definition) is 4. The third-order valence-corrected chi connectivity index (χ3v) is 2.63. The number of halogens is 1. The maximum Gasteiger partial charge on any atom is 0.235 e. The van der Waals surface area contributed by atoms with E-state index in [1.165, 1.54) is 12.4 Å². The molecule has 1 aromatic heterocycles. The maximum atomic E-state index is 11.7. The Bertz CT molecular complexity index is 395. The Labute approximate surface area is 107 Å². The van der Waals surface area contributed by atoms with Crippen LogP contribution in [0.15, 0.2) is 17.0 Å². The first-order valence-corrected chi connectivity index (χ1v) is 5.82. The Kier molecular flexibility index (Phi) is 4.75. The molecule has 1 unspecified atom stereocenters. The molecule has 7 heteroatoms. The molecule has 0 aromatic carbocycles. The van der Waals surface area contributed by atoms with Gasteiger partial charge in [-0.05, 0) is 22.4 Å². The highest BCUT2D eigenvalue weighted by Gasteiger charge is 2.19. The van der Waals surface area contributed by atoms with Crippen LogP contribution in [-0.4, -0.2) is 20.9 Å². The summed E-state index contributed by atoms with van der Waals surface area (Å²) >= 11 is 7.95. The van der Waals surface area contributed by atoms with Crippen LogP contribution in [0.1, 0.15) is 13.3 Å². The topological polar surface area (TPSA) is 80.9 Å². The van der Waals surface area contributed by atoms with Gasteiger partial charge >= 0.3 is 0 Å². The summed E-state index contributed by atoms with van der Waals surface area (Å²) in [6.45, 7) is 1.84. The highest BCUT2D eigenvalue weighted by Crippen LogP contribution is 2.10. The van der Waals surface area contributed by atoms with Crippen molar-refractivity contribution < 1.29 is 4.79 Å². The molecule has 0 aliphatic heterocycles. The molecule has 0 spiro atoms. The highest BCUT2D eigenvalue weighted by molar-refractivity contribution is 9.10. The SMILES string of the molecule is CCC(C(=O)Nc1cnc(Br)cn1)C(N)=S. The molecule has 5 nitrogen and oxygen atoms in total. The summed E-state index contributed by atoms with van der Waals surface area (Å²) in [4.78, 5) is 19.8.